The molecule has 0 saturated carbocycles. The van der Waals surface area contributed by atoms with E-state index in [2.05, 4.69) is 15.3 Å². The molecule has 17 heavy (non-hydrogen) atoms. The summed E-state index contributed by atoms with van der Waals surface area (Å²) in [5, 5.41) is 12.7. The largest absolute Gasteiger partial charge is 0.356 e. The minimum Gasteiger partial charge on any atom is -0.356 e. The topological polar surface area (TPSA) is 61.6 Å². The first-order valence-electron chi connectivity index (χ1n) is 4.92. The Labute approximate surface area is 108 Å². The lowest BCUT2D eigenvalue weighted by Crippen LogP contribution is -2.01. The molecule has 2 aromatic heterocycles. The molecule has 0 unspecified atom stereocenters. The molecule has 0 aliphatic heterocycles. The Kier molecular flexibility index (Phi) is 3.57. The van der Waals surface area contributed by atoms with Crippen molar-refractivity contribution in [2.24, 2.45) is 0 Å². The van der Waals surface area contributed by atoms with Crippen LogP contribution in [0.3, 0.4) is 0 Å². The highest BCUT2D eigenvalue weighted by Gasteiger charge is 2.08. The predicted octanol–water partition coefficient (Wildman–Crippen LogP) is 2.98. The number of nitrogens with zero attached hydrogens (tertiary/aromatic N) is 3. The molecule has 1 N–H and O–H groups in total. The van der Waals surface area contributed by atoms with Crippen LogP contribution in [-0.2, 0) is 6.54 Å². The molecule has 0 aromatic carbocycles. The van der Waals surface area contributed by atoms with Crippen molar-refractivity contribution in [3.63, 3.8) is 0 Å². The van der Waals surface area contributed by atoms with Crippen molar-refractivity contribution in [2.45, 2.75) is 13.5 Å². The molecule has 0 bridgehead atoms. The van der Waals surface area contributed by atoms with Crippen molar-refractivity contribution in [3.05, 3.63) is 39.6 Å². The van der Waals surface area contributed by atoms with E-state index in [9.17, 15) is 0 Å². The van der Waals surface area contributed by atoms with Gasteiger partial charge in [-0.1, -0.05) is 29.0 Å². The third-order valence-corrected chi connectivity index (χ3v) is 3.36. The number of aryl methyl sites for hydroxylation is 1. The molecular weight excluding hydrogens is 256 g/mol. The number of hydrogen-bond acceptors (Lipinski definition) is 5. The molecule has 2 aromatic rings. The van der Waals surface area contributed by atoms with Crippen LogP contribution in [0.4, 0.5) is 5.13 Å². The minimum atomic E-state index is 0.247. The summed E-state index contributed by atoms with van der Waals surface area (Å²) >= 11 is 7.01. The van der Waals surface area contributed by atoms with Gasteiger partial charge in [-0.15, -0.1) is 0 Å². The lowest BCUT2D eigenvalue weighted by Gasteiger charge is -2.02. The zero-order chi connectivity index (χ0) is 12.3. The number of thiazole rings is 1. The van der Waals surface area contributed by atoms with Gasteiger partial charge in [0.2, 0.25) is 0 Å². The summed E-state index contributed by atoms with van der Waals surface area (Å²) < 4.78 is 0. The van der Waals surface area contributed by atoms with Crippen LogP contribution in [-0.4, -0.2) is 9.97 Å². The monoisotopic (exact) mass is 264 g/mol. The fourth-order valence-corrected chi connectivity index (χ4v) is 2.25. The molecule has 0 fully saturated rings. The first-order valence-corrected chi connectivity index (χ1v) is 6.11. The van der Waals surface area contributed by atoms with Gasteiger partial charge in [-0.05, 0) is 19.1 Å². The summed E-state index contributed by atoms with van der Waals surface area (Å²) in [7, 11) is 0. The van der Waals surface area contributed by atoms with Crippen molar-refractivity contribution >= 4 is 28.1 Å². The number of nitrogens with one attached hydrogen (secondary N) is 1. The Morgan fingerprint density at radius 3 is 2.94 bits per heavy atom. The zero-order valence-corrected chi connectivity index (χ0v) is 10.6. The molecule has 2 heterocycles. The van der Waals surface area contributed by atoms with E-state index in [1.165, 1.54) is 11.3 Å². The van der Waals surface area contributed by atoms with Crippen molar-refractivity contribution in [2.75, 3.05) is 5.32 Å². The van der Waals surface area contributed by atoms with Crippen LogP contribution in [0.25, 0.3) is 0 Å². The van der Waals surface area contributed by atoms with Crippen molar-refractivity contribution in [1.82, 2.24) is 9.97 Å². The number of rotatable bonds is 3. The van der Waals surface area contributed by atoms with Crippen LogP contribution < -0.4 is 5.32 Å². The van der Waals surface area contributed by atoms with Gasteiger partial charge < -0.3 is 5.32 Å². The summed E-state index contributed by atoms with van der Waals surface area (Å²) in [6.07, 6.45) is 0. The van der Waals surface area contributed by atoms with E-state index >= 15 is 0 Å². The van der Waals surface area contributed by atoms with Crippen LogP contribution >= 0.6 is 22.9 Å². The fraction of sp³-hybridized carbons (Fsp3) is 0.182. The van der Waals surface area contributed by atoms with E-state index < -0.39 is 0 Å². The maximum Gasteiger partial charge on any atom is 0.185 e. The lowest BCUT2D eigenvalue weighted by atomic mass is 10.3. The van der Waals surface area contributed by atoms with E-state index in [-0.39, 0.29) is 5.15 Å². The smallest absolute Gasteiger partial charge is 0.185 e. The Balaban J connectivity index is 2.05. The van der Waals surface area contributed by atoms with Gasteiger partial charge in [0.1, 0.15) is 10.9 Å². The van der Waals surface area contributed by atoms with Gasteiger partial charge in [0.25, 0.3) is 0 Å². The quantitative estimate of drug-likeness (QED) is 0.926. The molecule has 0 saturated heterocycles. The highest BCUT2D eigenvalue weighted by atomic mass is 35.5. The third-order valence-electron chi connectivity index (χ3n) is 2.05. The molecule has 0 radical (unpaired) electrons. The van der Waals surface area contributed by atoms with Crippen molar-refractivity contribution in [3.8, 4) is 6.07 Å². The van der Waals surface area contributed by atoms with E-state index in [0.29, 0.717) is 16.6 Å². The molecule has 0 atom stereocenters. The van der Waals surface area contributed by atoms with Gasteiger partial charge in [0.05, 0.1) is 12.2 Å². The van der Waals surface area contributed by atoms with E-state index in [1.54, 1.807) is 0 Å². The first-order chi connectivity index (χ1) is 8.19. The number of pyridine rings is 1. The van der Waals surface area contributed by atoms with Gasteiger partial charge in [0.15, 0.2) is 10.3 Å². The molecular formula is C11H9ClN4S. The Morgan fingerprint density at radius 2 is 2.29 bits per heavy atom. The third kappa shape index (κ3) is 2.93. The van der Waals surface area contributed by atoms with Gasteiger partial charge >= 0.3 is 0 Å². The van der Waals surface area contributed by atoms with Crippen LogP contribution in [0.2, 0.25) is 5.15 Å². The molecule has 0 spiro atoms. The second-order valence-electron chi connectivity index (χ2n) is 3.37. The van der Waals surface area contributed by atoms with Crippen LogP contribution in [0.1, 0.15) is 16.3 Å². The normalized spacial score (nSPS) is 9.94. The maximum absolute atomic E-state index is 8.75. The van der Waals surface area contributed by atoms with Crippen LogP contribution in [0.5, 0.6) is 0 Å². The molecule has 0 aliphatic rings. The second-order valence-corrected chi connectivity index (χ2v) is 4.73. The average molecular weight is 265 g/mol. The Morgan fingerprint density at radius 1 is 1.47 bits per heavy atom. The van der Waals surface area contributed by atoms with Gasteiger partial charge in [0, 0.05) is 5.69 Å². The number of anilines is 1. The Bertz CT molecular complexity index is 573. The molecule has 0 amide bonds. The summed E-state index contributed by atoms with van der Waals surface area (Å²) in [6, 6.07) is 7.82. The van der Waals surface area contributed by atoms with Gasteiger partial charge in [-0.2, -0.15) is 5.26 Å². The number of nitriles is 1. The molecule has 2 rings (SSSR count). The SMILES string of the molecule is Cc1cccc(CNc2nc(Cl)c(C#N)s2)n1. The second kappa shape index (κ2) is 5.13. The van der Waals surface area contributed by atoms with Crippen molar-refractivity contribution < 1.29 is 0 Å². The average Bonchev–Trinajstić information content (AvgIpc) is 2.67. The van der Waals surface area contributed by atoms with E-state index in [0.717, 1.165) is 11.4 Å². The van der Waals surface area contributed by atoms with Gasteiger partial charge in [-0.3, -0.25) is 4.98 Å². The van der Waals surface area contributed by atoms with Crippen LogP contribution in [0.15, 0.2) is 18.2 Å². The molecule has 4 nitrogen and oxygen atoms in total. The summed E-state index contributed by atoms with van der Waals surface area (Å²) in [6.45, 7) is 2.51. The maximum atomic E-state index is 8.75. The van der Waals surface area contributed by atoms with Crippen molar-refractivity contribution in [1.29, 1.82) is 5.26 Å². The van der Waals surface area contributed by atoms with Gasteiger partial charge in [-0.25, -0.2) is 4.98 Å². The number of aromatic nitrogens is 2. The molecule has 6 heteroatoms. The summed E-state index contributed by atoms with van der Waals surface area (Å²) in [4.78, 5) is 8.82. The van der Waals surface area contributed by atoms with E-state index in [1.807, 2.05) is 31.2 Å². The highest BCUT2D eigenvalue weighted by Crippen LogP contribution is 2.25. The fourth-order valence-electron chi connectivity index (χ4n) is 1.31. The minimum absolute atomic E-state index is 0.247. The first kappa shape index (κ1) is 11.8. The predicted molar refractivity (Wildman–Crippen MR) is 68.1 cm³/mol. The number of hydrogen-bond donors (Lipinski definition) is 1. The Hall–Kier alpha value is -1.64. The summed E-state index contributed by atoms with van der Waals surface area (Å²) in [5.74, 6) is 0. The lowest BCUT2D eigenvalue weighted by molar-refractivity contribution is 1.01. The summed E-state index contributed by atoms with van der Waals surface area (Å²) in [5.41, 5.74) is 1.90. The van der Waals surface area contributed by atoms with E-state index in [4.69, 9.17) is 16.9 Å². The standard InChI is InChI=1S/C11H9ClN4S/c1-7-3-2-4-8(15-7)6-14-11-16-10(12)9(5-13)17-11/h2-4H,6H2,1H3,(H,14,16). The highest BCUT2D eigenvalue weighted by molar-refractivity contribution is 7.16. The number of halogens is 1. The molecule has 0 aliphatic carbocycles. The van der Waals surface area contributed by atoms with Crippen LogP contribution in [0, 0.1) is 18.3 Å². The zero-order valence-electron chi connectivity index (χ0n) is 9.07. The molecule has 86 valence electrons.